The molecule has 4 rings (SSSR count). The fourth-order valence-corrected chi connectivity index (χ4v) is 3.23. The summed E-state index contributed by atoms with van der Waals surface area (Å²) in [6.45, 7) is 2.18. The standard InChI is InChI=1S/C19H13Cl/c1-12-16-9-7-13-4-2-3-5-17(13)19(16)10-14-6-8-15(20)11-18(12)14/h2-11H,1H3. The maximum Gasteiger partial charge on any atom is 0.0412 e. The highest BCUT2D eigenvalue weighted by atomic mass is 35.5. The van der Waals surface area contributed by atoms with E-state index in [1.54, 1.807) is 0 Å². The second-order valence-electron chi connectivity index (χ2n) is 5.25. The summed E-state index contributed by atoms with van der Waals surface area (Å²) in [6.07, 6.45) is 0. The van der Waals surface area contributed by atoms with Crippen LogP contribution >= 0.6 is 11.6 Å². The first-order valence-electron chi connectivity index (χ1n) is 6.74. The molecule has 0 aliphatic heterocycles. The van der Waals surface area contributed by atoms with Crippen molar-refractivity contribution in [3.05, 3.63) is 71.2 Å². The van der Waals surface area contributed by atoms with Gasteiger partial charge in [-0.1, -0.05) is 54.1 Å². The Labute approximate surface area is 122 Å². The minimum absolute atomic E-state index is 0.792. The van der Waals surface area contributed by atoms with E-state index in [0.29, 0.717) is 0 Å². The maximum atomic E-state index is 6.14. The Bertz CT molecular complexity index is 967. The van der Waals surface area contributed by atoms with Gasteiger partial charge in [-0.15, -0.1) is 0 Å². The fourth-order valence-electron chi connectivity index (χ4n) is 3.06. The Kier molecular flexibility index (Phi) is 2.48. The Morgan fingerprint density at radius 3 is 2.35 bits per heavy atom. The molecule has 0 spiro atoms. The van der Waals surface area contributed by atoms with Crippen LogP contribution in [0.3, 0.4) is 0 Å². The Hall–Kier alpha value is -2.05. The molecule has 4 aromatic rings. The second-order valence-corrected chi connectivity index (χ2v) is 5.69. The number of benzene rings is 4. The molecule has 0 amide bonds. The van der Waals surface area contributed by atoms with Crippen molar-refractivity contribution in [2.45, 2.75) is 6.92 Å². The van der Waals surface area contributed by atoms with Gasteiger partial charge in [-0.3, -0.25) is 0 Å². The van der Waals surface area contributed by atoms with E-state index in [0.717, 1.165) is 5.02 Å². The van der Waals surface area contributed by atoms with E-state index in [-0.39, 0.29) is 0 Å². The molecule has 0 N–H and O–H groups in total. The van der Waals surface area contributed by atoms with Crippen LogP contribution in [0.15, 0.2) is 60.7 Å². The van der Waals surface area contributed by atoms with Gasteiger partial charge in [0.1, 0.15) is 0 Å². The van der Waals surface area contributed by atoms with Crippen LogP contribution in [-0.2, 0) is 0 Å². The molecule has 0 aliphatic carbocycles. The summed E-state index contributed by atoms with van der Waals surface area (Å²) in [5.41, 5.74) is 1.30. The number of aryl methyl sites for hydroxylation is 1. The second kappa shape index (κ2) is 4.22. The number of halogens is 1. The summed E-state index contributed by atoms with van der Waals surface area (Å²) in [4.78, 5) is 0. The normalized spacial score (nSPS) is 11.5. The summed E-state index contributed by atoms with van der Waals surface area (Å²) in [6, 6.07) is 21.3. The predicted octanol–water partition coefficient (Wildman–Crippen LogP) is 6.11. The number of hydrogen-bond acceptors (Lipinski definition) is 0. The van der Waals surface area contributed by atoms with Crippen molar-refractivity contribution in [1.29, 1.82) is 0 Å². The lowest BCUT2D eigenvalue weighted by Gasteiger charge is -2.10. The van der Waals surface area contributed by atoms with Crippen molar-refractivity contribution < 1.29 is 0 Å². The number of fused-ring (bicyclic) bond motifs is 4. The first kappa shape index (κ1) is 11.7. The van der Waals surface area contributed by atoms with Crippen molar-refractivity contribution in [1.82, 2.24) is 0 Å². The Morgan fingerprint density at radius 2 is 1.45 bits per heavy atom. The van der Waals surface area contributed by atoms with Gasteiger partial charge in [-0.25, -0.2) is 0 Å². The summed E-state index contributed by atoms with van der Waals surface area (Å²) >= 11 is 6.14. The zero-order valence-electron chi connectivity index (χ0n) is 11.2. The summed E-state index contributed by atoms with van der Waals surface area (Å²) in [5, 5.41) is 8.49. The van der Waals surface area contributed by atoms with Gasteiger partial charge in [0.15, 0.2) is 0 Å². The van der Waals surface area contributed by atoms with Gasteiger partial charge in [0, 0.05) is 5.02 Å². The van der Waals surface area contributed by atoms with Crippen molar-refractivity contribution in [2.24, 2.45) is 0 Å². The van der Waals surface area contributed by atoms with Crippen LogP contribution in [0.1, 0.15) is 5.56 Å². The molecule has 0 saturated heterocycles. The third-order valence-corrected chi connectivity index (χ3v) is 4.33. The molecule has 0 atom stereocenters. The summed E-state index contributed by atoms with van der Waals surface area (Å²) in [5.74, 6) is 0. The molecule has 0 saturated carbocycles. The minimum atomic E-state index is 0.792. The zero-order valence-corrected chi connectivity index (χ0v) is 11.9. The topological polar surface area (TPSA) is 0 Å². The molecule has 4 aromatic carbocycles. The van der Waals surface area contributed by atoms with Gasteiger partial charge in [-0.05, 0) is 63.0 Å². The quantitative estimate of drug-likeness (QED) is 0.268. The first-order valence-corrected chi connectivity index (χ1v) is 7.12. The molecular weight excluding hydrogens is 264 g/mol. The lowest BCUT2D eigenvalue weighted by atomic mass is 9.94. The van der Waals surface area contributed by atoms with E-state index in [2.05, 4.69) is 61.5 Å². The smallest absolute Gasteiger partial charge is 0.0412 e. The van der Waals surface area contributed by atoms with E-state index >= 15 is 0 Å². The van der Waals surface area contributed by atoms with Crippen LogP contribution in [0.2, 0.25) is 5.02 Å². The Balaban J connectivity index is 2.28. The SMILES string of the molecule is Cc1c2cc(Cl)ccc2cc2c1ccc1ccccc12. The molecule has 0 fully saturated rings. The summed E-state index contributed by atoms with van der Waals surface area (Å²) < 4.78 is 0. The van der Waals surface area contributed by atoms with Crippen molar-refractivity contribution >= 4 is 43.9 Å². The van der Waals surface area contributed by atoms with Crippen LogP contribution in [0.5, 0.6) is 0 Å². The van der Waals surface area contributed by atoms with E-state index in [1.807, 2.05) is 6.07 Å². The Morgan fingerprint density at radius 1 is 0.650 bits per heavy atom. The highest BCUT2D eigenvalue weighted by Crippen LogP contribution is 2.33. The molecule has 0 radical (unpaired) electrons. The van der Waals surface area contributed by atoms with Crippen LogP contribution in [0, 0.1) is 6.92 Å². The molecular formula is C19H13Cl. The number of hydrogen-bond donors (Lipinski definition) is 0. The third-order valence-electron chi connectivity index (χ3n) is 4.09. The largest absolute Gasteiger partial charge is 0.0843 e. The van der Waals surface area contributed by atoms with E-state index in [4.69, 9.17) is 11.6 Å². The van der Waals surface area contributed by atoms with Crippen molar-refractivity contribution in [3.63, 3.8) is 0 Å². The molecule has 0 heterocycles. The first-order chi connectivity index (χ1) is 9.74. The third kappa shape index (κ3) is 1.62. The highest BCUT2D eigenvalue weighted by Gasteiger charge is 2.07. The highest BCUT2D eigenvalue weighted by molar-refractivity contribution is 6.31. The van der Waals surface area contributed by atoms with Crippen molar-refractivity contribution in [2.75, 3.05) is 0 Å². The maximum absolute atomic E-state index is 6.14. The summed E-state index contributed by atoms with van der Waals surface area (Å²) in [7, 11) is 0. The zero-order chi connectivity index (χ0) is 13.7. The van der Waals surface area contributed by atoms with Gasteiger partial charge >= 0.3 is 0 Å². The molecule has 0 aromatic heterocycles. The lowest BCUT2D eigenvalue weighted by molar-refractivity contribution is 1.59. The van der Waals surface area contributed by atoms with Gasteiger partial charge in [0.2, 0.25) is 0 Å². The van der Waals surface area contributed by atoms with E-state index in [1.165, 1.54) is 37.9 Å². The molecule has 0 nitrogen and oxygen atoms in total. The van der Waals surface area contributed by atoms with Crippen LogP contribution in [0.25, 0.3) is 32.3 Å². The monoisotopic (exact) mass is 276 g/mol. The molecule has 20 heavy (non-hydrogen) atoms. The lowest BCUT2D eigenvalue weighted by Crippen LogP contribution is -1.85. The molecule has 0 unspecified atom stereocenters. The molecule has 0 bridgehead atoms. The van der Waals surface area contributed by atoms with Gasteiger partial charge in [0.05, 0.1) is 0 Å². The molecule has 0 aliphatic rings. The fraction of sp³-hybridized carbons (Fsp3) is 0.0526. The van der Waals surface area contributed by atoms with Gasteiger partial charge in [0.25, 0.3) is 0 Å². The van der Waals surface area contributed by atoms with Crippen LogP contribution in [-0.4, -0.2) is 0 Å². The van der Waals surface area contributed by atoms with Gasteiger partial charge in [-0.2, -0.15) is 0 Å². The predicted molar refractivity (Wildman–Crippen MR) is 88.7 cm³/mol. The van der Waals surface area contributed by atoms with Gasteiger partial charge < -0.3 is 0 Å². The average molecular weight is 277 g/mol. The van der Waals surface area contributed by atoms with Crippen LogP contribution < -0.4 is 0 Å². The molecule has 96 valence electrons. The average Bonchev–Trinajstić information content (AvgIpc) is 2.48. The number of rotatable bonds is 0. The van der Waals surface area contributed by atoms with Crippen molar-refractivity contribution in [3.8, 4) is 0 Å². The van der Waals surface area contributed by atoms with E-state index in [9.17, 15) is 0 Å². The minimum Gasteiger partial charge on any atom is -0.0843 e. The van der Waals surface area contributed by atoms with Crippen LogP contribution in [0.4, 0.5) is 0 Å². The molecule has 1 heteroatoms. The van der Waals surface area contributed by atoms with E-state index < -0.39 is 0 Å².